The molecular weight excluding hydrogens is 471 g/mol. The van der Waals surface area contributed by atoms with E-state index in [1.807, 2.05) is 33.8 Å². The van der Waals surface area contributed by atoms with Crippen LogP contribution in [0.1, 0.15) is 62.6 Å². The fraction of sp³-hybridized carbons (Fsp3) is 0.593. The number of hydrogen-bond donors (Lipinski definition) is 3. The highest BCUT2D eigenvalue weighted by Crippen LogP contribution is 2.30. The van der Waals surface area contributed by atoms with Crippen molar-refractivity contribution in [3.63, 3.8) is 0 Å². The summed E-state index contributed by atoms with van der Waals surface area (Å²) in [7, 11) is 2.17. The van der Waals surface area contributed by atoms with Crippen LogP contribution in [-0.4, -0.2) is 84.1 Å². The summed E-state index contributed by atoms with van der Waals surface area (Å²) in [4.78, 5) is 28.4. The van der Waals surface area contributed by atoms with E-state index in [9.17, 15) is 4.79 Å². The second-order valence-electron chi connectivity index (χ2n) is 10.8. The Morgan fingerprint density at radius 1 is 1.03 bits per heavy atom. The second kappa shape index (κ2) is 11.6. The average Bonchev–Trinajstić information content (AvgIpc) is 2.84. The van der Waals surface area contributed by atoms with Gasteiger partial charge in [-0.2, -0.15) is 0 Å². The van der Waals surface area contributed by atoms with Crippen LogP contribution in [0.5, 0.6) is 0 Å². The molecule has 0 atom stereocenters. The number of nitrogens with two attached hydrogens (primary N) is 1. The number of aromatic nitrogens is 2. The number of carbonyl (C=O) groups excluding carboxylic acids is 1. The van der Waals surface area contributed by atoms with Gasteiger partial charge in [-0.25, -0.2) is 14.4 Å². The molecule has 2 aromatic rings. The summed E-state index contributed by atoms with van der Waals surface area (Å²) in [6, 6.07) is 5.74. The molecule has 0 radical (unpaired) electrons. The monoisotopic (exact) mass is 512 g/mol. The number of halogens is 1. The van der Waals surface area contributed by atoms with E-state index in [-0.39, 0.29) is 29.3 Å². The van der Waals surface area contributed by atoms with Crippen molar-refractivity contribution in [2.75, 3.05) is 61.8 Å². The van der Waals surface area contributed by atoms with Crippen molar-refractivity contribution < 1.29 is 9.18 Å². The van der Waals surface area contributed by atoms with E-state index in [0.717, 1.165) is 52.1 Å². The number of benzene rings is 1. The largest absolute Gasteiger partial charge is 0.369 e. The molecule has 10 heteroatoms. The van der Waals surface area contributed by atoms with Crippen molar-refractivity contribution in [3.8, 4) is 0 Å². The number of piperidine rings is 1. The summed E-state index contributed by atoms with van der Waals surface area (Å²) in [5, 5.41) is 6.36. The summed E-state index contributed by atoms with van der Waals surface area (Å²) < 4.78 is 15.3. The Morgan fingerprint density at radius 3 is 2.27 bits per heavy atom. The first-order chi connectivity index (χ1) is 17.6. The quantitative estimate of drug-likeness (QED) is 0.493. The molecule has 0 aliphatic carbocycles. The van der Waals surface area contributed by atoms with Crippen LogP contribution in [-0.2, 0) is 0 Å². The number of hydrogen-bond acceptors (Lipinski definition) is 8. The number of nitrogens with one attached hydrogen (secondary N) is 2. The molecule has 2 saturated heterocycles. The van der Waals surface area contributed by atoms with E-state index in [2.05, 4.69) is 42.3 Å². The average molecular weight is 513 g/mol. The molecular formula is C27H41FN8O. The third-order valence-electron chi connectivity index (χ3n) is 7.20. The molecule has 0 unspecified atom stereocenters. The summed E-state index contributed by atoms with van der Waals surface area (Å²) >= 11 is 0. The molecule has 2 aliphatic rings. The van der Waals surface area contributed by atoms with Gasteiger partial charge in [-0.3, -0.25) is 9.69 Å². The van der Waals surface area contributed by atoms with Gasteiger partial charge in [0.1, 0.15) is 5.82 Å². The van der Waals surface area contributed by atoms with Crippen molar-refractivity contribution in [3.05, 3.63) is 35.4 Å². The minimum Gasteiger partial charge on any atom is -0.369 e. The molecule has 2 fully saturated rings. The summed E-state index contributed by atoms with van der Waals surface area (Å²) in [5.74, 6) is -0.166. The van der Waals surface area contributed by atoms with Gasteiger partial charge < -0.3 is 26.2 Å². The molecule has 4 N–H and O–H groups in total. The molecule has 3 heterocycles. The predicted octanol–water partition coefficient (Wildman–Crippen LogP) is 3.62. The Labute approximate surface area is 219 Å². The standard InChI is InChI=1S/C27H41FN8O/c1-17(2)23-26(30-18(3)4)33-27(24(32-23)25(29)37)31-19-6-7-22(21(28)16-19)36-10-8-20(9-11-36)35-14-12-34(5)13-15-35/h6-7,16-18,20H,8-15H2,1-5H3,(H2,29,37)(H2,30,31,33). The summed E-state index contributed by atoms with van der Waals surface area (Å²) in [6.45, 7) is 14.1. The highest BCUT2D eigenvalue weighted by atomic mass is 19.1. The van der Waals surface area contributed by atoms with Crippen molar-refractivity contribution in [2.45, 2.75) is 58.5 Å². The van der Waals surface area contributed by atoms with Gasteiger partial charge in [-0.1, -0.05) is 13.8 Å². The maximum atomic E-state index is 15.3. The lowest BCUT2D eigenvalue weighted by atomic mass is 10.0. The maximum absolute atomic E-state index is 15.3. The highest BCUT2D eigenvalue weighted by molar-refractivity contribution is 5.96. The molecule has 1 amide bonds. The highest BCUT2D eigenvalue weighted by Gasteiger charge is 2.28. The van der Waals surface area contributed by atoms with Gasteiger partial charge in [0.2, 0.25) is 0 Å². The van der Waals surface area contributed by atoms with E-state index in [1.54, 1.807) is 6.07 Å². The van der Waals surface area contributed by atoms with Crippen LogP contribution in [0.2, 0.25) is 0 Å². The zero-order chi connectivity index (χ0) is 26.7. The molecule has 4 rings (SSSR count). The number of primary amides is 1. The third-order valence-corrected chi connectivity index (χ3v) is 7.20. The van der Waals surface area contributed by atoms with Gasteiger partial charge in [-0.05, 0) is 57.9 Å². The van der Waals surface area contributed by atoms with Gasteiger partial charge in [0.05, 0.1) is 11.4 Å². The van der Waals surface area contributed by atoms with E-state index in [1.165, 1.54) is 6.07 Å². The third kappa shape index (κ3) is 6.48. The predicted molar refractivity (Wildman–Crippen MR) is 147 cm³/mol. The topological polar surface area (TPSA) is 103 Å². The molecule has 2 aliphatic heterocycles. The van der Waals surface area contributed by atoms with Crippen molar-refractivity contribution in [1.82, 2.24) is 19.8 Å². The minimum atomic E-state index is -0.687. The van der Waals surface area contributed by atoms with Gasteiger partial charge in [0.15, 0.2) is 17.3 Å². The first kappa shape index (κ1) is 27.1. The normalized spacial score (nSPS) is 18.0. The number of amides is 1. The summed E-state index contributed by atoms with van der Waals surface area (Å²) in [5.41, 5.74) is 7.40. The van der Waals surface area contributed by atoms with Crippen LogP contribution in [0, 0.1) is 5.82 Å². The fourth-order valence-electron chi connectivity index (χ4n) is 5.13. The zero-order valence-electron chi connectivity index (χ0n) is 22.7. The maximum Gasteiger partial charge on any atom is 0.271 e. The van der Waals surface area contributed by atoms with Crippen molar-refractivity contribution >= 4 is 28.9 Å². The minimum absolute atomic E-state index is 0.0356. The van der Waals surface area contributed by atoms with Crippen LogP contribution >= 0.6 is 0 Å². The molecule has 0 saturated carbocycles. The Morgan fingerprint density at radius 2 is 1.70 bits per heavy atom. The van der Waals surface area contributed by atoms with Crippen LogP contribution in [0.25, 0.3) is 0 Å². The Bertz CT molecular complexity index is 1090. The second-order valence-corrected chi connectivity index (χ2v) is 10.8. The molecule has 1 aromatic heterocycles. The lowest BCUT2D eigenvalue weighted by Gasteiger charge is -2.42. The number of piperazine rings is 1. The smallest absolute Gasteiger partial charge is 0.271 e. The van der Waals surface area contributed by atoms with E-state index in [4.69, 9.17) is 5.73 Å². The van der Waals surface area contributed by atoms with Gasteiger partial charge in [0, 0.05) is 57.0 Å². The molecule has 37 heavy (non-hydrogen) atoms. The summed E-state index contributed by atoms with van der Waals surface area (Å²) in [6.07, 6.45) is 2.07. The van der Waals surface area contributed by atoms with E-state index < -0.39 is 5.91 Å². The van der Waals surface area contributed by atoms with E-state index >= 15 is 4.39 Å². The number of anilines is 4. The number of rotatable bonds is 8. The number of carbonyl (C=O) groups is 1. The van der Waals surface area contributed by atoms with Crippen LogP contribution in [0.15, 0.2) is 18.2 Å². The van der Waals surface area contributed by atoms with Crippen molar-refractivity contribution in [2.24, 2.45) is 5.73 Å². The molecule has 202 valence electrons. The van der Waals surface area contributed by atoms with Crippen LogP contribution in [0.3, 0.4) is 0 Å². The molecule has 0 bridgehead atoms. The fourth-order valence-corrected chi connectivity index (χ4v) is 5.13. The molecule has 9 nitrogen and oxygen atoms in total. The molecule has 1 aromatic carbocycles. The van der Waals surface area contributed by atoms with Crippen molar-refractivity contribution in [1.29, 1.82) is 0 Å². The first-order valence-corrected chi connectivity index (χ1v) is 13.3. The Kier molecular flexibility index (Phi) is 8.49. The Hall–Kier alpha value is -2.98. The first-order valence-electron chi connectivity index (χ1n) is 13.3. The van der Waals surface area contributed by atoms with Gasteiger partial charge in [-0.15, -0.1) is 0 Å². The van der Waals surface area contributed by atoms with Crippen LogP contribution in [0.4, 0.5) is 27.4 Å². The zero-order valence-corrected chi connectivity index (χ0v) is 22.7. The SMILES string of the molecule is CC(C)Nc1nc(Nc2ccc(N3CCC(N4CCN(C)CC4)CC3)c(F)c2)c(C(N)=O)nc1C(C)C. The lowest BCUT2D eigenvalue weighted by Crippen LogP contribution is -2.52. The Balaban J connectivity index is 1.48. The van der Waals surface area contributed by atoms with E-state index in [0.29, 0.717) is 28.9 Å². The van der Waals surface area contributed by atoms with Gasteiger partial charge in [0.25, 0.3) is 5.91 Å². The van der Waals surface area contributed by atoms with Crippen LogP contribution < -0.4 is 21.3 Å². The van der Waals surface area contributed by atoms with Gasteiger partial charge >= 0.3 is 0 Å². The number of likely N-dealkylation sites (N-methyl/N-ethyl adjacent to an activating group) is 1. The molecule has 0 spiro atoms. The number of nitrogens with zero attached hydrogens (tertiary/aromatic N) is 5. The lowest BCUT2D eigenvalue weighted by molar-refractivity contribution is 0.0981.